The van der Waals surface area contributed by atoms with E-state index < -0.39 is 0 Å². The molecular formula is C16H24O3. The van der Waals surface area contributed by atoms with Gasteiger partial charge in [0, 0.05) is 11.1 Å². The van der Waals surface area contributed by atoms with Crippen molar-refractivity contribution in [3.05, 3.63) is 29.3 Å². The Morgan fingerprint density at radius 1 is 1.26 bits per heavy atom. The lowest BCUT2D eigenvalue weighted by Crippen LogP contribution is -2.11. The molecule has 0 aliphatic rings. The first-order valence-corrected chi connectivity index (χ1v) is 6.73. The highest BCUT2D eigenvalue weighted by atomic mass is 16.5. The second kappa shape index (κ2) is 7.29. The largest absolute Gasteiger partial charge is 0.496 e. The fraction of sp³-hybridized carbons (Fsp3) is 0.562. The van der Waals surface area contributed by atoms with Crippen LogP contribution in [-0.2, 0) is 11.3 Å². The van der Waals surface area contributed by atoms with Crippen molar-refractivity contribution in [3.63, 3.8) is 0 Å². The number of methoxy groups -OCH3 is 1. The Morgan fingerprint density at radius 3 is 2.47 bits per heavy atom. The van der Waals surface area contributed by atoms with Crippen molar-refractivity contribution in [3.8, 4) is 5.75 Å². The molecular weight excluding hydrogens is 240 g/mol. The first-order valence-electron chi connectivity index (χ1n) is 6.73. The maximum absolute atomic E-state index is 11.4. The predicted octanol–water partition coefficient (Wildman–Crippen LogP) is 3.85. The van der Waals surface area contributed by atoms with E-state index in [2.05, 4.69) is 20.8 Å². The average molecular weight is 264 g/mol. The quantitative estimate of drug-likeness (QED) is 0.702. The molecule has 0 amide bonds. The van der Waals surface area contributed by atoms with Crippen molar-refractivity contribution in [1.82, 2.24) is 0 Å². The number of Topliss-reactive ketones (excluding diaryl/α,β-unsaturated/α-hetero) is 1. The van der Waals surface area contributed by atoms with Crippen LogP contribution < -0.4 is 4.74 Å². The Labute approximate surface area is 115 Å². The van der Waals surface area contributed by atoms with E-state index >= 15 is 0 Å². The van der Waals surface area contributed by atoms with Gasteiger partial charge in [0.2, 0.25) is 0 Å². The Balaban J connectivity index is 2.75. The molecule has 0 saturated heterocycles. The molecule has 106 valence electrons. The van der Waals surface area contributed by atoms with E-state index in [-0.39, 0.29) is 11.9 Å². The number of hydrogen-bond donors (Lipinski definition) is 0. The monoisotopic (exact) mass is 264 g/mol. The fourth-order valence-corrected chi connectivity index (χ4v) is 2.07. The highest BCUT2D eigenvalue weighted by Crippen LogP contribution is 2.22. The maximum atomic E-state index is 11.4. The first kappa shape index (κ1) is 15.7. The van der Waals surface area contributed by atoms with E-state index in [9.17, 15) is 4.79 Å². The molecule has 1 unspecified atom stereocenters. The van der Waals surface area contributed by atoms with Gasteiger partial charge in [-0.2, -0.15) is 0 Å². The minimum atomic E-state index is 0.0548. The highest BCUT2D eigenvalue weighted by Gasteiger charge is 2.10. The average Bonchev–Trinajstić information content (AvgIpc) is 2.35. The van der Waals surface area contributed by atoms with Crippen LogP contribution in [0.5, 0.6) is 5.75 Å². The van der Waals surface area contributed by atoms with Gasteiger partial charge in [-0.05, 0) is 44.4 Å². The molecule has 0 heterocycles. The zero-order valence-electron chi connectivity index (χ0n) is 12.5. The van der Waals surface area contributed by atoms with Crippen LogP contribution in [0.2, 0.25) is 0 Å². The maximum Gasteiger partial charge on any atom is 0.159 e. The molecule has 1 atom stereocenters. The third-order valence-corrected chi connectivity index (χ3v) is 3.01. The second-order valence-corrected chi connectivity index (χ2v) is 5.33. The van der Waals surface area contributed by atoms with Gasteiger partial charge < -0.3 is 9.47 Å². The molecule has 0 aromatic heterocycles. The van der Waals surface area contributed by atoms with Gasteiger partial charge in [0.25, 0.3) is 0 Å². The van der Waals surface area contributed by atoms with Gasteiger partial charge in [0.05, 0.1) is 19.8 Å². The molecule has 0 aliphatic carbocycles. The molecule has 1 aromatic carbocycles. The summed E-state index contributed by atoms with van der Waals surface area (Å²) in [5.41, 5.74) is 1.61. The van der Waals surface area contributed by atoms with Gasteiger partial charge in [-0.15, -0.1) is 0 Å². The van der Waals surface area contributed by atoms with Crippen LogP contribution in [0.1, 0.15) is 50.0 Å². The van der Waals surface area contributed by atoms with E-state index in [1.54, 1.807) is 20.1 Å². The van der Waals surface area contributed by atoms with Crippen LogP contribution in [0.15, 0.2) is 18.2 Å². The van der Waals surface area contributed by atoms with Gasteiger partial charge in [-0.3, -0.25) is 4.79 Å². The van der Waals surface area contributed by atoms with Gasteiger partial charge in [0.15, 0.2) is 5.78 Å². The number of ether oxygens (including phenoxy) is 2. The Hall–Kier alpha value is -1.35. The van der Waals surface area contributed by atoms with Crippen molar-refractivity contribution in [1.29, 1.82) is 0 Å². The first-order chi connectivity index (χ1) is 8.93. The zero-order chi connectivity index (χ0) is 14.4. The van der Waals surface area contributed by atoms with Crippen LogP contribution in [0.4, 0.5) is 0 Å². The molecule has 0 N–H and O–H groups in total. The minimum Gasteiger partial charge on any atom is -0.496 e. The molecule has 0 bridgehead atoms. The van der Waals surface area contributed by atoms with Crippen LogP contribution in [0.25, 0.3) is 0 Å². The zero-order valence-corrected chi connectivity index (χ0v) is 12.5. The van der Waals surface area contributed by atoms with Gasteiger partial charge in [0.1, 0.15) is 5.75 Å². The van der Waals surface area contributed by atoms with Crippen LogP contribution >= 0.6 is 0 Å². The summed E-state index contributed by atoms with van der Waals surface area (Å²) >= 11 is 0. The Bertz CT molecular complexity index is 424. The van der Waals surface area contributed by atoms with Gasteiger partial charge >= 0.3 is 0 Å². The van der Waals surface area contributed by atoms with E-state index in [1.165, 1.54) is 0 Å². The van der Waals surface area contributed by atoms with Crippen LogP contribution in [-0.4, -0.2) is 19.0 Å². The van der Waals surface area contributed by atoms with E-state index in [4.69, 9.17) is 9.47 Å². The summed E-state index contributed by atoms with van der Waals surface area (Å²) in [6.07, 6.45) is 1.22. The standard InChI is InChI=1S/C16H24O3/c1-11(2)8-12(3)19-10-15-9-14(13(4)17)6-7-16(15)18-5/h6-7,9,11-12H,8,10H2,1-5H3. The highest BCUT2D eigenvalue weighted by molar-refractivity contribution is 5.94. The molecule has 0 radical (unpaired) electrons. The molecule has 3 nitrogen and oxygen atoms in total. The summed E-state index contributed by atoms with van der Waals surface area (Å²) in [7, 11) is 1.63. The van der Waals surface area contributed by atoms with E-state index in [0.717, 1.165) is 17.7 Å². The number of hydrogen-bond acceptors (Lipinski definition) is 3. The molecule has 1 aromatic rings. The van der Waals surface area contributed by atoms with Crippen molar-refractivity contribution in [2.45, 2.75) is 46.8 Å². The topological polar surface area (TPSA) is 35.5 Å². The van der Waals surface area contributed by atoms with Crippen molar-refractivity contribution in [2.75, 3.05) is 7.11 Å². The third-order valence-electron chi connectivity index (χ3n) is 3.01. The molecule has 0 saturated carbocycles. The fourth-order valence-electron chi connectivity index (χ4n) is 2.07. The number of carbonyl (C=O) groups excluding carboxylic acids is 1. The predicted molar refractivity (Wildman–Crippen MR) is 76.7 cm³/mol. The smallest absolute Gasteiger partial charge is 0.159 e. The summed E-state index contributed by atoms with van der Waals surface area (Å²) in [6, 6.07) is 5.45. The van der Waals surface area contributed by atoms with E-state index in [1.807, 2.05) is 12.1 Å². The summed E-state index contributed by atoms with van der Waals surface area (Å²) in [4.78, 5) is 11.4. The van der Waals surface area contributed by atoms with Crippen LogP contribution in [0.3, 0.4) is 0 Å². The lowest BCUT2D eigenvalue weighted by atomic mass is 10.1. The lowest BCUT2D eigenvalue weighted by Gasteiger charge is -2.16. The summed E-state index contributed by atoms with van der Waals surface area (Å²) in [5, 5.41) is 0. The molecule has 19 heavy (non-hydrogen) atoms. The van der Waals surface area contributed by atoms with Crippen molar-refractivity contribution < 1.29 is 14.3 Å². The Kier molecular flexibility index (Phi) is 6.03. The molecule has 0 spiro atoms. The number of rotatable bonds is 7. The summed E-state index contributed by atoms with van der Waals surface area (Å²) < 4.78 is 11.1. The summed E-state index contributed by atoms with van der Waals surface area (Å²) in [5.74, 6) is 1.43. The van der Waals surface area contributed by atoms with E-state index in [0.29, 0.717) is 18.1 Å². The minimum absolute atomic E-state index is 0.0548. The van der Waals surface area contributed by atoms with Crippen molar-refractivity contribution in [2.24, 2.45) is 5.92 Å². The number of ketones is 1. The van der Waals surface area contributed by atoms with Gasteiger partial charge in [-0.1, -0.05) is 13.8 Å². The molecule has 1 rings (SSSR count). The number of benzene rings is 1. The number of carbonyl (C=O) groups is 1. The SMILES string of the molecule is COc1ccc(C(C)=O)cc1COC(C)CC(C)C. The van der Waals surface area contributed by atoms with Gasteiger partial charge in [-0.25, -0.2) is 0 Å². The lowest BCUT2D eigenvalue weighted by molar-refractivity contribution is 0.0387. The van der Waals surface area contributed by atoms with Crippen LogP contribution in [0, 0.1) is 5.92 Å². The Morgan fingerprint density at radius 2 is 1.95 bits per heavy atom. The summed E-state index contributed by atoms with van der Waals surface area (Å²) in [6.45, 7) is 8.46. The third kappa shape index (κ3) is 5.03. The molecule has 3 heteroatoms. The second-order valence-electron chi connectivity index (χ2n) is 5.33. The van der Waals surface area contributed by atoms with Crippen molar-refractivity contribution >= 4 is 5.78 Å². The normalized spacial score (nSPS) is 12.5. The molecule has 0 fully saturated rings. The molecule has 0 aliphatic heterocycles.